The Hall–Kier alpha value is -1.77. The minimum Gasteiger partial charge on any atom is -0.420 e. The monoisotopic (exact) mass is 361 g/mol. The molecule has 2 fully saturated rings. The molecule has 6 nitrogen and oxygen atoms in total. The van der Waals surface area contributed by atoms with Crippen LogP contribution in [0.4, 0.5) is 14.5 Å². The van der Waals surface area contributed by atoms with Crippen molar-refractivity contribution in [1.29, 1.82) is 0 Å². The summed E-state index contributed by atoms with van der Waals surface area (Å²) in [5.74, 6) is -0.748. The van der Waals surface area contributed by atoms with Gasteiger partial charge < -0.3 is 14.4 Å². The molecule has 1 aromatic carbocycles. The fraction of sp³-hybridized carbons (Fsp3) is 0.467. The van der Waals surface area contributed by atoms with Gasteiger partial charge in [-0.05, 0) is 24.3 Å². The number of nitrogens with one attached hydrogen (secondary N) is 1. The van der Waals surface area contributed by atoms with E-state index in [1.165, 1.54) is 24.3 Å². The maximum atomic E-state index is 12.6. The lowest BCUT2D eigenvalue weighted by Gasteiger charge is -2.27. The van der Waals surface area contributed by atoms with Gasteiger partial charge in [-0.1, -0.05) is 0 Å². The van der Waals surface area contributed by atoms with Gasteiger partial charge >= 0.3 is 5.57 Å². The molecule has 2 aliphatic heterocycles. The number of ether oxygens (including phenoxy) is 2. The first-order valence-corrected chi connectivity index (χ1v) is 7.88. The number of carbonyl (C=O) groups excluding carboxylic acids is 2. The molecular weight excluding hydrogens is 346 g/mol. The second-order valence-electron chi connectivity index (χ2n) is 5.64. The molecule has 0 aliphatic carbocycles. The normalized spacial score (nSPS) is 23.0. The molecule has 24 heavy (non-hydrogen) atoms. The number of rotatable bonds is 4. The Morgan fingerprint density at radius 3 is 2.42 bits per heavy atom. The molecule has 0 spiro atoms. The zero-order valence-electron chi connectivity index (χ0n) is 12.6. The van der Waals surface area contributed by atoms with Crippen LogP contribution in [0.25, 0.3) is 0 Å². The van der Waals surface area contributed by atoms with E-state index in [0.29, 0.717) is 32.0 Å². The predicted octanol–water partition coefficient (Wildman–Crippen LogP) is 0.402. The van der Waals surface area contributed by atoms with Crippen LogP contribution in [0, 0.1) is 0 Å². The van der Waals surface area contributed by atoms with E-state index in [4.69, 9.17) is 16.3 Å². The minimum atomic E-state index is -3.81. The number of alkyl halides is 3. The number of halogens is 3. The third-order valence-corrected chi connectivity index (χ3v) is 4.18. The lowest BCUT2D eigenvalue weighted by atomic mass is 10.2. The average Bonchev–Trinajstić information content (AvgIpc) is 2.83. The average molecular weight is 362 g/mol. The summed E-state index contributed by atoms with van der Waals surface area (Å²) in [6.07, 6.45) is 0.131. The van der Waals surface area contributed by atoms with Gasteiger partial charge in [0.05, 0.1) is 25.3 Å². The number of nitrogens with zero attached hydrogens (tertiary/aromatic N) is 1. The molecule has 3 rings (SSSR count). The highest BCUT2D eigenvalue weighted by atomic mass is 35.5. The van der Waals surface area contributed by atoms with E-state index >= 15 is 0 Å². The number of hydrogen-bond donors (Lipinski definition) is 1. The summed E-state index contributed by atoms with van der Waals surface area (Å²) in [6.45, 7) is 2.47. The Kier molecular flexibility index (Phi) is 4.71. The van der Waals surface area contributed by atoms with Gasteiger partial charge in [0, 0.05) is 11.6 Å². The summed E-state index contributed by atoms with van der Waals surface area (Å²) in [7, 11) is 0. The number of benzene rings is 1. The summed E-state index contributed by atoms with van der Waals surface area (Å²) in [6, 6.07) is 4.81. The number of quaternary nitrogens is 1. The molecule has 1 atom stereocenters. The first-order chi connectivity index (χ1) is 11.3. The number of imide groups is 1. The molecule has 0 unspecified atom stereocenters. The maximum Gasteiger partial charge on any atom is 0.487 e. The highest BCUT2D eigenvalue weighted by molar-refractivity contribution is 6.22. The van der Waals surface area contributed by atoms with Crippen LogP contribution in [0.2, 0.25) is 0 Å². The van der Waals surface area contributed by atoms with Gasteiger partial charge in [0.1, 0.15) is 18.8 Å². The lowest BCUT2D eigenvalue weighted by Crippen LogP contribution is -3.18. The zero-order valence-corrected chi connectivity index (χ0v) is 13.4. The molecule has 1 N–H and O–H groups in total. The number of carbonyl (C=O) groups is 2. The third kappa shape index (κ3) is 3.66. The standard InChI is InChI=1S/C15H15ClF2N2O4/c16-15(17,18)24-11-3-1-10(2-4-11)20-13(21)9-12(14(20)22)19-5-7-23-8-6-19/h1-4,12H,5-9H2/p+1/t12-/m1/s1. The van der Waals surface area contributed by atoms with Crippen molar-refractivity contribution in [3.8, 4) is 5.75 Å². The summed E-state index contributed by atoms with van der Waals surface area (Å²) >= 11 is 4.70. The quantitative estimate of drug-likeness (QED) is 0.623. The van der Waals surface area contributed by atoms with Crippen molar-refractivity contribution in [2.24, 2.45) is 0 Å². The molecule has 9 heteroatoms. The SMILES string of the molecule is O=C1C[C@@H]([NH+]2CCOCC2)C(=O)N1c1ccc(OC(F)(F)Cl)cc1. The lowest BCUT2D eigenvalue weighted by molar-refractivity contribution is -0.922. The van der Waals surface area contributed by atoms with Crippen LogP contribution in [0.5, 0.6) is 5.75 Å². The fourth-order valence-electron chi connectivity index (χ4n) is 3.00. The number of anilines is 1. The zero-order chi connectivity index (χ0) is 17.3. The van der Waals surface area contributed by atoms with Crippen LogP contribution < -0.4 is 14.5 Å². The Labute approximate surface area is 141 Å². The molecule has 0 saturated carbocycles. The van der Waals surface area contributed by atoms with Crippen molar-refractivity contribution in [2.45, 2.75) is 18.0 Å². The van der Waals surface area contributed by atoms with Crippen molar-refractivity contribution in [1.82, 2.24) is 0 Å². The van der Waals surface area contributed by atoms with Gasteiger partial charge in [-0.25, -0.2) is 4.90 Å². The molecule has 1 aromatic rings. The molecule has 130 valence electrons. The van der Waals surface area contributed by atoms with Gasteiger partial charge in [0.15, 0.2) is 6.04 Å². The van der Waals surface area contributed by atoms with E-state index in [2.05, 4.69) is 4.74 Å². The molecule has 2 amide bonds. The fourth-order valence-corrected chi connectivity index (χ4v) is 3.09. The smallest absolute Gasteiger partial charge is 0.420 e. The summed E-state index contributed by atoms with van der Waals surface area (Å²) in [5.41, 5.74) is -3.49. The van der Waals surface area contributed by atoms with Gasteiger partial charge in [-0.2, -0.15) is 0 Å². The largest absolute Gasteiger partial charge is 0.487 e. The van der Waals surface area contributed by atoms with Crippen LogP contribution >= 0.6 is 11.6 Å². The van der Waals surface area contributed by atoms with Crippen LogP contribution in [0.15, 0.2) is 24.3 Å². The minimum absolute atomic E-state index is 0.131. The van der Waals surface area contributed by atoms with Crippen LogP contribution in [-0.4, -0.2) is 49.7 Å². The van der Waals surface area contributed by atoms with Crippen molar-refractivity contribution >= 4 is 29.1 Å². The second-order valence-corrected chi connectivity index (χ2v) is 6.08. The van der Waals surface area contributed by atoms with E-state index in [0.717, 1.165) is 9.80 Å². The van der Waals surface area contributed by atoms with Crippen LogP contribution in [0.1, 0.15) is 6.42 Å². The van der Waals surface area contributed by atoms with Crippen molar-refractivity contribution in [3.05, 3.63) is 24.3 Å². The van der Waals surface area contributed by atoms with E-state index in [1.54, 1.807) is 0 Å². The van der Waals surface area contributed by atoms with E-state index in [-0.39, 0.29) is 24.0 Å². The van der Waals surface area contributed by atoms with E-state index in [1.807, 2.05) is 0 Å². The van der Waals surface area contributed by atoms with Gasteiger partial charge in [-0.15, -0.1) is 8.78 Å². The van der Waals surface area contributed by atoms with Crippen molar-refractivity contribution in [2.75, 3.05) is 31.2 Å². The molecule has 0 bridgehead atoms. The first kappa shape index (κ1) is 17.1. The molecule has 0 radical (unpaired) electrons. The third-order valence-electron chi connectivity index (χ3n) is 4.10. The Bertz CT molecular complexity index is 629. The maximum absolute atomic E-state index is 12.6. The Morgan fingerprint density at radius 1 is 1.21 bits per heavy atom. The van der Waals surface area contributed by atoms with Crippen molar-refractivity contribution in [3.63, 3.8) is 0 Å². The Balaban J connectivity index is 1.74. The van der Waals surface area contributed by atoms with Crippen LogP contribution in [-0.2, 0) is 14.3 Å². The molecular formula is C15H16ClF2N2O4+. The van der Waals surface area contributed by atoms with Crippen molar-refractivity contribution < 1.29 is 32.7 Å². The second kappa shape index (κ2) is 6.62. The topological polar surface area (TPSA) is 60.3 Å². The summed E-state index contributed by atoms with van der Waals surface area (Å²) in [5, 5.41) is 0. The predicted molar refractivity (Wildman–Crippen MR) is 80.3 cm³/mol. The van der Waals surface area contributed by atoms with Crippen LogP contribution in [0.3, 0.4) is 0 Å². The van der Waals surface area contributed by atoms with Gasteiger partial charge in [0.25, 0.3) is 5.91 Å². The van der Waals surface area contributed by atoms with E-state index in [9.17, 15) is 18.4 Å². The molecule has 2 aliphatic rings. The summed E-state index contributed by atoms with van der Waals surface area (Å²) in [4.78, 5) is 27.0. The molecule has 2 heterocycles. The summed E-state index contributed by atoms with van der Waals surface area (Å²) < 4.78 is 34.7. The highest BCUT2D eigenvalue weighted by Crippen LogP contribution is 2.28. The first-order valence-electron chi connectivity index (χ1n) is 7.50. The number of morpholine rings is 1. The Morgan fingerprint density at radius 2 is 1.83 bits per heavy atom. The number of amides is 2. The highest BCUT2D eigenvalue weighted by Gasteiger charge is 2.46. The van der Waals surface area contributed by atoms with Gasteiger partial charge in [-0.3, -0.25) is 9.59 Å². The molecule has 0 aromatic heterocycles. The molecule has 2 saturated heterocycles. The number of hydrogen-bond acceptors (Lipinski definition) is 4. The van der Waals surface area contributed by atoms with Gasteiger partial charge in [0.2, 0.25) is 5.91 Å². The van der Waals surface area contributed by atoms with E-state index < -0.39 is 11.6 Å².